The number of carboxylic acid groups (broad SMARTS) is 1. The molecule has 1 amide bonds. The van der Waals surface area contributed by atoms with E-state index in [2.05, 4.69) is 19.9 Å². The molecule has 0 bridgehead atoms. The van der Waals surface area contributed by atoms with Crippen LogP contribution in [0.25, 0.3) is 0 Å². The van der Waals surface area contributed by atoms with Gasteiger partial charge in [-0.25, -0.2) is 4.98 Å². The number of carbonyl (C=O) groups is 2. The van der Waals surface area contributed by atoms with Crippen molar-refractivity contribution >= 4 is 39.9 Å². The number of nitrogens with one attached hydrogen (secondary N) is 1. The van der Waals surface area contributed by atoms with E-state index < -0.39 is 5.97 Å². The Hall–Kier alpha value is -1.87. The summed E-state index contributed by atoms with van der Waals surface area (Å²) < 4.78 is 3.61. The summed E-state index contributed by atoms with van der Waals surface area (Å²) >= 11 is 2.32. The van der Waals surface area contributed by atoms with Crippen LogP contribution in [0.2, 0.25) is 0 Å². The predicted molar refractivity (Wildman–Crippen MR) is 70.6 cm³/mol. The molecule has 0 radical (unpaired) electrons. The van der Waals surface area contributed by atoms with E-state index in [1.165, 1.54) is 17.5 Å². The van der Waals surface area contributed by atoms with Crippen molar-refractivity contribution in [2.75, 3.05) is 5.32 Å². The van der Waals surface area contributed by atoms with Gasteiger partial charge in [-0.2, -0.15) is 0 Å². The fourth-order valence-electron chi connectivity index (χ4n) is 1.33. The number of hydrogen-bond acceptors (Lipinski definition) is 7. The molecule has 0 fully saturated rings. The van der Waals surface area contributed by atoms with Gasteiger partial charge in [0.05, 0.1) is 11.9 Å². The van der Waals surface area contributed by atoms with Gasteiger partial charge < -0.3 is 5.11 Å². The van der Waals surface area contributed by atoms with Crippen LogP contribution in [-0.4, -0.2) is 31.6 Å². The molecule has 0 saturated heterocycles. The fraction of sp³-hybridized carbons (Fsp3) is 0.300. The number of aryl methyl sites for hydroxylation is 1. The number of amides is 1. The zero-order valence-corrected chi connectivity index (χ0v) is 11.3. The molecule has 0 aliphatic heterocycles. The topological polar surface area (TPSA) is 105 Å². The van der Waals surface area contributed by atoms with E-state index in [1.807, 2.05) is 5.38 Å². The molecule has 19 heavy (non-hydrogen) atoms. The number of thiazole rings is 1. The first-order chi connectivity index (χ1) is 9.15. The standard InChI is InChI=1S/C10H10N4O3S2/c15-8(16)3-1-2-6-5-18-10(12-6)13-9(17)7-4-11-14-19-7/h4-5H,1-3H2,(H,15,16)(H,12,13,17). The number of rotatable bonds is 6. The number of carbonyl (C=O) groups excluding carboxylic acids is 1. The lowest BCUT2D eigenvalue weighted by Crippen LogP contribution is -2.09. The first-order valence-corrected chi connectivity index (χ1v) is 7.05. The van der Waals surface area contributed by atoms with Gasteiger partial charge in [0.2, 0.25) is 0 Å². The summed E-state index contributed by atoms with van der Waals surface area (Å²) in [6, 6.07) is 0. The fourth-order valence-corrected chi connectivity index (χ4v) is 2.48. The summed E-state index contributed by atoms with van der Waals surface area (Å²) in [6.07, 6.45) is 2.62. The molecule has 2 rings (SSSR count). The second-order valence-electron chi connectivity index (χ2n) is 3.63. The number of anilines is 1. The van der Waals surface area contributed by atoms with Gasteiger partial charge in [-0.05, 0) is 24.4 Å². The minimum absolute atomic E-state index is 0.117. The summed E-state index contributed by atoms with van der Waals surface area (Å²) in [5.74, 6) is -1.11. The molecule has 0 aliphatic carbocycles. The molecule has 0 aliphatic rings. The largest absolute Gasteiger partial charge is 0.481 e. The van der Waals surface area contributed by atoms with Crippen molar-refractivity contribution in [3.8, 4) is 0 Å². The maximum atomic E-state index is 11.7. The average Bonchev–Trinajstić information content (AvgIpc) is 2.99. The van der Waals surface area contributed by atoms with E-state index in [0.29, 0.717) is 22.9 Å². The van der Waals surface area contributed by atoms with E-state index in [1.54, 1.807) is 0 Å². The van der Waals surface area contributed by atoms with Crippen molar-refractivity contribution in [2.24, 2.45) is 0 Å². The molecule has 2 heterocycles. The molecule has 0 unspecified atom stereocenters. The lowest BCUT2D eigenvalue weighted by Gasteiger charge is -1.97. The molecule has 0 saturated carbocycles. The number of carboxylic acids is 1. The van der Waals surface area contributed by atoms with E-state index in [4.69, 9.17) is 5.11 Å². The SMILES string of the molecule is O=C(O)CCCc1csc(NC(=O)c2cnns2)n1. The van der Waals surface area contributed by atoms with Crippen molar-refractivity contribution in [3.63, 3.8) is 0 Å². The first-order valence-electron chi connectivity index (χ1n) is 5.40. The summed E-state index contributed by atoms with van der Waals surface area (Å²) in [5, 5.41) is 17.1. The smallest absolute Gasteiger partial charge is 0.303 e. The number of aliphatic carboxylic acids is 1. The van der Waals surface area contributed by atoms with Crippen LogP contribution in [0.3, 0.4) is 0 Å². The van der Waals surface area contributed by atoms with Crippen molar-refractivity contribution in [2.45, 2.75) is 19.3 Å². The molecule has 2 N–H and O–H groups in total. The third kappa shape index (κ3) is 4.07. The van der Waals surface area contributed by atoms with Gasteiger partial charge in [0, 0.05) is 11.8 Å². The van der Waals surface area contributed by atoms with Crippen molar-refractivity contribution in [3.05, 3.63) is 22.1 Å². The van der Waals surface area contributed by atoms with Crippen LogP contribution in [0.5, 0.6) is 0 Å². The normalized spacial score (nSPS) is 10.3. The Morgan fingerprint density at radius 1 is 1.42 bits per heavy atom. The quantitative estimate of drug-likeness (QED) is 0.840. The van der Waals surface area contributed by atoms with Crippen LogP contribution >= 0.6 is 22.9 Å². The van der Waals surface area contributed by atoms with Crippen LogP contribution in [0.1, 0.15) is 28.2 Å². The van der Waals surface area contributed by atoms with E-state index in [9.17, 15) is 9.59 Å². The number of nitrogens with zero attached hydrogens (tertiary/aromatic N) is 3. The molecule has 0 atom stereocenters. The molecule has 0 aromatic carbocycles. The Bertz CT molecular complexity index is 567. The second kappa shape index (κ2) is 6.34. The summed E-state index contributed by atoms with van der Waals surface area (Å²) in [7, 11) is 0. The summed E-state index contributed by atoms with van der Waals surface area (Å²) in [4.78, 5) is 26.7. The van der Waals surface area contributed by atoms with Crippen LogP contribution in [0.15, 0.2) is 11.6 Å². The second-order valence-corrected chi connectivity index (χ2v) is 5.27. The maximum Gasteiger partial charge on any atom is 0.303 e. The van der Waals surface area contributed by atoms with Gasteiger partial charge in [0.1, 0.15) is 4.88 Å². The molecule has 7 nitrogen and oxygen atoms in total. The summed E-state index contributed by atoms with van der Waals surface area (Å²) in [5.41, 5.74) is 0.781. The lowest BCUT2D eigenvalue weighted by molar-refractivity contribution is -0.137. The number of aromatic nitrogens is 3. The predicted octanol–water partition coefficient (Wildman–Crippen LogP) is 1.65. The van der Waals surface area contributed by atoms with Crippen LogP contribution in [0.4, 0.5) is 5.13 Å². The minimum Gasteiger partial charge on any atom is -0.481 e. The van der Waals surface area contributed by atoms with Crippen LogP contribution in [-0.2, 0) is 11.2 Å². The minimum atomic E-state index is -0.818. The van der Waals surface area contributed by atoms with E-state index in [0.717, 1.165) is 17.2 Å². The Morgan fingerprint density at radius 2 is 2.26 bits per heavy atom. The maximum absolute atomic E-state index is 11.7. The van der Waals surface area contributed by atoms with Gasteiger partial charge in [0.15, 0.2) is 5.13 Å². The van der Waals surface area contributed by atoms with Crippen molar-refractivity contribution in [1.82, 2.24) is 14.6 Å². The first kappa shape index (κ1) is 13.6. The van der Waals surface area contributed by atoms with E-state index >= 15 is 0 Å². The molecule has 9 heteroatoms. The molecule has 2 aromatic rings. The number of hydrogen-bond donors (Lipinski definition) is 2. The van der Waals surface area contributed by atoms with Crippen LogP contribution < -0.4 is 5.32 Å². The summed E-state index contributed by atoms with van der Waals surface area (Å²) in [6.45, 7) is 0. The molecular formula is C10H10N4O3S2. The average molecular weight is 298 g/mol. The molecule has 100 valence electrons. The third-order valence-corrected chi connectivity index (χ3v) is 3.65. The van der Waals surface area contributed by atoms with Gasteiger partial charge >= 0.3 is 5.97 Å². The zero-order chi connectivity index (χ0) is 13.7. The Balaban J connectivity index is 1.87. The van der Waals surface area contributed by atoms with Crippen LogP contribution in [0, 0.1) is 0 Å². The Labute approximate surface area is 116 Å². The van der Waals surface area contributed by atoms with Gasteiger partial charge in [-0.1, -0.05) is 4.49 Å². The highest BCUT2D eigenvalue weighted by Gasteiger charge is 2.11. The van der Waals surface area contributed by atoms with E-state index in [-0.39, 0.29) is 12.3 Å². The highest BCUT2D eigenvalue weighted by molar-refractivity contribution is 7.14. The third-order valence-electron chi connectivity index (χ3n) is 2.18. The zero-order valence-electron chi connectivity index (χ0n) is 9.70. The Kier molecular flexibility index (Phi) is 4.53. The van der Waals surface area contributed by atoms with Crippen molar-refractivity contribution < 1.29 is 14.7 Å². The van der Waals surface area contributed by atoms with Gasteiger partial charge in [-0.15, -0.1) is 16.4 Å². The molecular weight excluding hydrogens is 288 g/mol. The Morgan fingerprint density at radius 3 is 2.95 bits per heavy atom. The molecule has 0 spiro atoms. The van der Waals surface area contributed by atoms with Gasteiger partial charge in [0.25, 0.3) is 5.91 Å². The lowest BCUT2D eigenvalue weighted by atomic mass is 10.2. The molecule has 2 aromatic heterocycles. The monoisotopic (exact) mass is 298 g/mol. The highest BCUT2D eigenvalue weighted by Crippen LogP contribution is 2.18. The van der Waals surface area contributed by atoms with Gasteiger partial charge in [-0.3, -0.25) is 14.9 Å². The van der Waals surface area contributed by atoms with Crippen molar-refractivity contribution in [1.29, 1.82) is 0 Å². The highest BCUT2D eigenvalue weighted by atomic mass is 32.1.